The summed E-state index contributed by atoms with van der Waals surface area (Å²) in [7, 11) is 8.15. The molecule has 0 bridgehead atoms. The third-order valence-electron chi connectivity index (χ3n) is 19.7. The summed E-state index contributed by atoms with van der Waals surface area (Å²) in [6.45, 7) is 18.7. The molecule has 3 aromatic carbocycles. The molecule has 2 saturated heterocycles. The Morgan fingerprint density at radius 2 is 1.04 bits per heavy atom. The number of aliphatic hydroxyl groups is 1. The fourth-order valence-corrected chi connectivity index (χ4v) is 13.3. The normalized spacial score (nSPS) is 24.0. The van der Waals surface area contributed by atoms with Crippen LogP contribution < -0.4 is 26.6 Å². The van der Waals surface area contributed by atoms with Crippen molar-refractivity contribution in [2.45, 2.75) is 207 Å². The summed E-state index contributed by atoms with van der Waals surface area (Å²) in [5.74, 6) is -12.7. The Balaban J connectivity index is 1.68. The first-order chi connectivity index (χ1) is 48.5. The van der Waals surface area contributed by atoms with Crippen LogP contribution in [0.1, 0.15) is 138 Å². The molecule has 0 spiro atoms. The van der Waals surface area contributed by atoms with Gasteiger partial charge < -0.3 is 66.0 Å². The molecule has 0 saturated carbocycles. The molecule has 3 aromatic rings. The van der Waals surface area contributed by atoms with Gasteiger partial charge in [-0.1, -0.05) is 146 Å². The number of hydrogen-bond donors (Lipinski definition) is 6. The van der Waals surface area contributed by atoms with Crippen LogP contribution in [0.5, 0.6) is 0 Å². The summed E-state index contributed by atoms with van der Waals surface area (Å²) in [6, 6.07) is 12.6. The predicted octanol–water partition coefficient (Wildman–Crippen LogP) is 3.55. The van der Waals surface area contributed by atoms with Crippen molar-refractivity contribution in [3.05, 3.63) is 108 Å². The van der Waals surface area contributed by atoms with E-state index in [1.165, 1.54) is 65.9 Å². The number of nitrogens with zero attached hydrogens (tertiary/aromatic N) is 7. The summed E-state index contributed by atoms with van der Waals surface area (Å²) in [6.07, 6.45) is -0.493. The molecule has 0 aromatic heterocycles. The number of likely N-dealkylation sites (tertiary alicyclic amines) is 1. The van der Waals surface area contributed by atoms with Gasteiger partial charge in [0.1, 0.15) is 54.4 Å². The molecule has 0 aliphatic carbocycles. The van der Waals surface area contributed by atoms with Gasteiger partial charge in [-0.25, -0.2) is 0 Å². The highest BCUT2D eigenvalue weighted by Crippen LogP contribution is 2.25. The zero-order valence-electron chi connectivity index (χ0n) is 63.5. The Morgan fingerprint density at radius 3 is 1.56 bits per heavy atom. The Bertz CT molecular complexity index is 3400. The lowest BCUT2D eigenvalue weighted by atomic mass is 9.87. The van der Waals surface area contributed by atoms with Crippen LogP contribution in [-0.2, 0) is 81.6 Å². The molecule has 0 radical (unpaired) electrons. The van der Waals surface area contributed by atoms with E-state index >= 15 is 24.0 Å². The topological polar surface area (TPSA) is 325 Å². The monoisotopic (exact) mass is 1430 g/mol. The van der Waals surface area contributed by atoms with Gasteiger partial charge in [0.25, 0.3) is 0 Å². The molecule has 2 aliphatic rings. The lowest BCUT2D eigenvalue weighted by molar-refractivity contribution is -0.149. The zero-order valence-corrected chi connectivity index (χ0v) is 63.5. The molecule has 5 rings (SSSR count). The number of nitrogens with one attached hydrogen (secondary N) is 5. The largest absolute Gasteiger partial charge is 0.391 e. The van der Waals surface area contributed by atoms with Crippen LogP contribution in [0.4, 0.5) is 0 Å². The van der Waals surface area contributed by atoms with E-state index in [-0.39, 0.29) is 49.8 Å². The Morgan fingerprint density at radius 1 is 0.534 bits per heavy atom. The van der Waals surface area contributed by atoms with Gasteiger partial charge in [0.05, 0.1) is 25.1 Å². The summed E-state index contributed by atoms with van der Waals surface area (Å²) < 4.78 is 0. The standard InChI is InChI=1S/C77H114N12O14/c1-46(2)38-58-72(98)82-66(52(11)90)77(103)87(16)59(41-54-32-24-19-25-33-54)70(96)78-45-64(93)84(13)61(39-47(3)4)75(101)88(17)67(49(7)8)62(91)43-56(40-53-30-22-18-23-31-53)69(95)80-57(44-63(92)83(12)51(10)68(94)81-65(48(5)6)76(102)86(58)15)74(100)85(14)60(42-55-34-26-20-27-35-55)71(97)79-50(9)73(99)89-36-28-21-29-37-89/h18-20,22-27,30-35,46-52,56-61,65-67,90H,21,28-29,36-45H2,1-17H3,(H,78,96)(H,79,97)(H,80,95)(H,81,94)(H,82,98)/t50-,51-,52+,56+,57-,58-,59-,60?,61-,65-,66-,67-/m0/s1. The minimum atomic E-state index is -1.81. The molecular formula is C77H114N12O14. The number of ketones is 1. The number of rotatable bonds is 18. The van der Waals surface area contributed by atoms with Crippen LogP contribution in [0, 0.1) is 29.6 Å². The molecule has 566 valence electrons. The van der Waals surface area contributed by atoms with Crippen LogP contribution >= 0.6 is 0 Å². The van der Waals surface area contributed by atoms with Gasteiger partial charge in [0, 0.05) is 80.6 Å². The second-order valence-corrected chi connectivity index (χ2v) is 29.5. The molecule has 103 heavy (non-hydrogen) atoms. The summed E-state index contributed by atoms with van der Waals surface area (Å²) in [5, 5.41) is 25.0. The molecule has 2 aliphatic heterocycles. The first-order valence-corrected chi connectivity index (χ1v) is 36.2. The van der Waals surface area contributed by atoms with Crippen LogP contribution in [0.15, 0.2) is 91.0 Å². The Labute approximate surface area is 608 Å². The Hall–Kier alpha value is -9.07. The predicted molar refractivity (Wildman–Crippen MR) is 390 cm³/mol. The van der Waals surface area contributed by atoms with Gasteiger partial charge in [-0.2, -0.15) is 0 Å². The van der Waals surface area contributed by atoms with Gasteiger partial charge in [0.15, 0.2) is 5.78 Å². The average molecular weight is 1430 g/mol. The number of piperidine rings is 1. The number of benzene rings is 3. The van der Waals surface area contributed by atoms with E-state index in [0.717, 1.165) is 38.9 Å². The van der Waals surface area contributed by atoms with E-state index < -0.39 is 174 Å². The van der Waals surface area contributed by atoms with E-state index in [0.29, 0.717) is 29.8 Å². The van der Waals surface area contributed by atoms with Gasteiger partial charge in [-0.05, 0) is 99.7 Å². The number of aliphatic hydroxyl groups excluding tert-OH is 1. The number of carbonyl (C=O) groups excluding carboxylic acids is 13. The van der Waals surface area contributed by atoms with Crippen molar-refractivity contribution in [1.29, 1.82) is 0 Å². The highest BCUT2D eigenvalue weighted by Gasteiger charge is 2.44. The van der Waals surface area contributed by atoms with E-state index in [9.17, 15) is 43.5 Å². The third kappa shape index (κ3) is 23.7. The lowest BCUT2D eigenvalue weighted by Crippen LogP contribution is -2.62. The molecule has 1 unspecified atom stereocenters. The number of Topliss-reactive ketones (excluding diaryl/α,β-unsaturated/α-hetero) is 1. The van der Waals surface area contributed by atoms with Crippen molar-refractivity contribution >= 4 is 76.7 Å². The smallest absolute Gasteiger partial charge is 0.248 e. The van der Waals surface area contributed by atoms with Crippen molar-refractivity contribution in [2.24, 2.45) is 29.6 Å². The maximum absolute atomic E-state index is 15.6. The molecule has 6 N–H and O–H groups in total. The van der Waals surface area contributed by atoms with E-state index in [1.807, 2.05) is 27.7 Å². The van der Waals surface area contributed by atoms with E-state index in [4.69, 9.17) is 0 Å². The highest BCUT2D eigenvalue weighted by molar-refractivity contribution is 6.01. The molecular weight excluding hydrogens is 1320 g/mol. The first kappa shape index (κ1) is 84.6. The van der Waals surface area contributed by atoms with Crippen LogP contribution in [0.25, 0.3) is 0 Å². The quantitative estimate of drug-likeness (QED) is 0.106. The van der Waals surface area contributed by atoms with Gasteiger partial charge in [-0.15, -0.1) is 0 Å². The summed E-state index contributed by atoms with van der Waals surface area (Å²) in [4.78, 5) is 202. The first-order valence-electron chi connectivity index (χ1n) is 36.2. The average Bonchev–Trinajstić information content (AvgIpc) is 0.838. The van der Waals surface area contributed by atoms with Crippen molar-refractivity contribution in [3.63, 3.8) is 0 Å². The second-order valence-electron chi connectivity index (χ2n) is 29.5. The number of hydrogen-bond acceptors (Lipinski definition) is 14. The number of amides is 12. The molecule has 12 atom stereocenters. The minimum Gasteiger partial charge on any atom is -0.391 e. The maximum Gasteiger partial charge on any atom is 0.248 e. The SMILES string of the molecule is CC(C)C[C@H]1C(=O)N(C)[C@@H](C(C)C)C(=O)C[C@@H](Cc2ccccc2)C(=O)N[C@H](C(=O)N(C)C(Cc2ccccc2)C(=O)N[C@@H](C)C(=O)N2CCCCC2)CC(=O)N(C)[C@@H](C)C(=O)N[C@@H](C(C)C)C(=O)N(C)[C@@H](CC(C)C)C(=O)N[C@@H]([C@@H](C)O)C(=O)N(C)[C@@H](Cc2ccccc2)C(=O)NCC(=O)N1C. The van der Waals surface area contributed by atoms with E-state index in [1.54, 1.807) is 131 Å². The maximum atomic E-state index is 15.6. The van der Waals surface area contributed by atoms with Gasteiger partial charge >= 0.3 is 0 Å². The van der Waals surface area contributed by atoms with Crippen LogP contribution in [-0.4, -0.2) is 245 Å². The van der Waals surface area contributed by atoms with Crippen LogP contribution in [0.3, 0.4) is 0 Å². The van der Waals surface area contributed by atoms with Crippen molar-refractivity contribution in [1.82, 2.24) is 60.9 Å². The number of carbonyl (C=O) groups is 13. The van der Waals surface area contributed by atoms with Crippen LogP contribution in [0.2, 0.25) is 0 Å². The third-order valence-corrected chi connectivity index (χ3v) is 19.7. The molecule has 26 nitrogen and oxygen atoms in total. The zero-order chi connectivity index (χ0) is 76.9. The van der Waals surface area contributed by atoms with Crippen molar-refractivity contribution < 1.29 is 67.4 Å². The summed E-state index contributed by atoms with van der Waals surface area (Å²) in [5.41, 5.74) is 1.85. The lowest BCUT2D eigenvalue weighted by Gasteiger charge is -2.37. The summed E-state index contributed by atoms with van der Waals surface area (Å²) >= 11 is 0. The minimum absolute atomic E-state index is 0.0287. The molecule has 26 heteroatoms. The number of likely N-dealkylation sites (N-methyl/N-ethyl adjacent to an activating group) is 6. The molecule has 12 amide bonds. The molecule has 2 heterocycles. The van der Waals surface area contributed by atoms with Gasteiger partial charge in [-0.3, -0.25) is 62.3 Å². The Kier molecular flexibility index (Phi) is 32.5. The second kappa shape index (κ2) is 39.5. The fraction of sp³-hybridized carbons (Fsp3) is 0.597. The van der Waals surface area contributed by atoms with Crippen molar-refractivity contribution in [2.75, 3.05) is 61.9 Å². The van der Waals surface area contributed by atoms with Gasteiger partial charge in [0.2, 0.25) is 70.9 Å². The van der Waals surface area contributed by atoms with Crippen molar-refractivity contribution in [3.8, 4) is 0 Å². The molecule has 2 fully saturated rings. The van der Waals surface area contributed by atoms with E-state index in [2.05, 4.69) is 26.6 Å². The fourth-order valence-electron chi connectivity index (χ4n) is 13.3. The highest BCUT2D eigenvalue weighted by atomic mass is 16.3.